The molecule has 0 bridgehead atoms. The standard InChI is InChI=1S/C16H16ClN3O2/c17-15-11-18-5-4-14(15)16(22)20-8-6-19(7-9-20)12-2-1-3-13(21)10-12/h1-5,10-11,21H,6-9H2. The maximum absolute atomic E-state index is 12.5. The number of aromatic hydroxyl groups is 1. The number of phenols is 1. The van der Waals surface area contributed by atoms with Crippen LogP contribution in [-0.4, -0.2) is 47.1 Å². The molecule has 0 aliphatic carbocycles. The van der Waals surface area contributed by atoms with Crippen molar-refractivity contribution in [2.45, 2.75) is 0 Å². The molecular weight excluding hydrogens is 302 g/mol. The van der Waals surface area contributed by atoms with Gasteiger partial charge in [-0.3, -0.25) is 9.78 Å². The number of carbonyl (C=O) groups is 1. The van der Waals surface area contributed by atoms with Gasteiger partial charge in [-0.15, -0.1) is 0 Å². The summed E-state index contributed by atoms with van der Waals surface area (Å²) in [4.78, 5) is 20.3. The number of hydrogen-bond acceptors (Lipinski definition) is 4. The minimum Gasteiger partial charge on any atom is -0.508 e. The molecule has 1 aliphatic heterocycles. The number of pyridine rings is 1. The third kappa shape index (κ3) is 2.99. The third-order valence-corrected chi connectivity index (χ3v) is 4.07. The first kappa shape index (κ1) is 14.7. The van der Waals surface area contributed by atoms with Crippen LogP contribution in [0.2, 0.25) is 5.02 Å². The highest BCUT2D eigenvalue weighted by molar-refractivity contribution is 6.33. The van der Waals surface area contributed by atoms with Crippen molar-refractivity contribution in [3.63, 3.8) is 0 Å². The molecule has 0 spiro atoms. The molecule has 0 radical (unpaired) electrons. The smallest absolute Gasteiger partial charge is 0.255 e. The van der Waals surface area contributed by atoms with Crippen molar-refractivity contribution in [1.82, 2.24) is 9.88 Å². The first-order valence-corrected chi connectivity index (χ1v) is 7.46. The fraction of sp³-hybridized carbons (Fsp3) is 0.250. The summed E-state index contributed by atoms with van der Waals surface area (Å²) in [6, 6.07) is 8.80. The number of benzene rings is 1. The topological polar surface area (TPSA) is 56.7 Å². The van der Waals surface area contributed by atoms with E-state index in [4.69, 9.17) is 11.6 Å². The van der Waals surface area contributed by atoms with Crippen LogP contribution in [0.4, 0.5) is 5.69 Å². The number of hydrogen-bond donors (Lipinski definition) is 1. The van der Waals surface area contributed by atoms with Crippen molar-refractivity contribution in [1.29, 1.82) is 0 Å². The van der Waals surface area contributed by atoms with E-state index in [1.165, 1.54) is 6.20 Å². The summed E-state index contributed by atoms with van der Waals surface area (Å²) in [6.07, 6.45) is 3.06. The van der Waals surface area contributed by atoms with Crippen LogP contribution in [0.25, 0.3) is 0 Å². The molecule has 114 valence electrons. The Morgan fingerprint density at radius 2 is 1.95 bits per heavy atom. The molecule has 1 N–H and O–H groups in total. The Kier molecular flexibility index (Phi) is 4.15. The maximum Gasteiger partial charge on any atom is 0.255 e. The van der Waals surface area contributed by atoms with Crippen LogP contribution in [0.15, 0.2) is 42.7 Å². The van der Waals surface area contributed by atoms with Crippen molar-refractivity contribution in [3.8, 4) is 5.75 Å². The zero-order valence-electron chi connectivity index (χ0n) is 11.9. The van der Waals surface area contributed by atoms with Gasteiger partial charge >= 0.3 is 0 Å². The summed E-state index contributed by atoms with van der Waals surface area (Å²) in [5.74, 6) is 0.183. The number of nitrogens with zero attached hydrogens (tertiary/aromatic N) is 3. The SMILES string of the molecule is O=C(c1ccncc1Cl)N1CCN(c2cccc(O)c2)CC1. The molecule has 1 amide bonds. The van der Waals surface area contributed by atoms with E-state index >= 15 is 0 Å². The van der Waals surface area contributed by atoms with E-state index in [1.807, 2.05) is 12.1 Å². The van der Waals surface area contributed by atoms with E-state index in [1.54, 1.807) is 29.3 Å². The van der Waals surface area contributed by atoms with Gasteiger partial charge in [0.25, 0.3) is 5.91 Å². The number of amides is 1. The van der Waals surface area contributed by atoms with E-state index in [2.05, 4.69) is 9.88 Å². The van der Waals surface area contributed by atoms with Crippen LogP contribution >= 0.6 is 11.6 Å². The second-order valence-electron chi connectivity index (χ2n) is 5.15. The van der Waals surface area contributed by atoms with Gasteiger partial charge in [0.15, 0.2) is 0 Å². The molecule has 0 saturated carbocycles. The minimum absolute atomic E-state index is 0.0667. The lowest BCUT2D eigenvalue weighted by Gasteiger charge is -2.36. The van der Waals surface area contributed by atoms with Crippen LogP contribution in [0.5, 0.6) is 5.75 Å². The molecule has 2 aromatic rings. The molecule has 0 unspecified atom stereocenters. The Labute approximate surface area is 133 Å². The van der Waals surface area contributed by atoms with Gasteiger partial charge in [-0.05, 0) is 18.2 Å². The third-order valence-electron chi connectivity index (χ3n) is 3.76. The molecule has 1 aromatic carbocycles. The number of anilines is 1. The predicted octanol–water partition coefficient (Wildman–Crippen LogP) is 2.40. The number of piperazine rings is 1. The maximum atomic E-state index is 12.5. The summed E-state index contributed by atoms with van der Waals surface area (Å²) < 4.78 is 0. The van der Waals surface area contributed by atoms with Crippen molar-refractivity contribution in [2.75, 3.05) is 31.1 Å². The molecule has 1 aliphatic rings. The Morgan fingerprint density at radius 1 is 1.18 bits per heavy atom. The lowest BCUT2D eigenvalue weighted by atomic mass is 10.2. The first-order valence-electron chi connectivity index (χ1n) is 7.08. The molecule has 0 atom stereocenters. The van der Waals surface area contributed by atoms with E-state index in [0.717, 1.165) is 18.8 Å². The van der Waals surface area contributed by atoms with Gasteiger partial charge in [0.2, 0.25) is 0 Å². The van der Waals surface area contributed by atoms with Gasteiger partial charge in [-0.2, -0.15) is 0 Å². The van der Waals surface area contributed by atoms with E-state index in [9.17, 15) is 9.90 Å². The van der Waals surface area contributed by atoms with Crippen LogP contribution in [0.3, 0.4) is 0 Å². The average molecular weight is 318 g/mol. The van der Waals surface area contributed by atoms with Gasteiger partial charge in [0.1, 0.15) is 5.75 Å². The number of carbonyl (C=O) groups excluding carboxylic acids is 1. The summed E-state index contributed by atoms with van der Waals surface area (Å²) in [5, 5.41) is 9.93. The Bertz CT molecular complexity index is 685. The monoisotopic (exact) mass is 317 g/mol. The Hall–Kier alpha value is -2.27. The van der Waals surface area contributed by atoms with E-state index in [0.29, 0.717) is 23.7 Å². The number of rotatable bonds is 2. The van der Waals surface area contributed by atoms with Crippen molar-refractivity contribution >= 4 is 23.2 Å². The predicted molar refractivity (Wildman–Crippen MR) is 85.5 cm³/mol. The highest BCUT2D eigenvalue weighted by Crippen LogP contribution is 2.22. The summed E-state index contributed by atoms with van der Waals surface area (Å²) in [5.41, 5.74) is 1.46. The largest absolute Gasteiger partial charge is 0.508 e. The fourth-order valence-corrected chi connectivity index (χ4v) is 2.78. The Morgan fingerprint density at radius 3 is 2.64 bits per heavy atom. The highest BCUT2D eigenvalue weighted by atomic mass is 35.5. The number of phenolic OH excluding ortho intramolecular Hbond substituents is 1. The quantitative estimate of drug-likeness (QED) is 0.924. The summed E-state index contributed by atoms with van der Waals surface area (Å²) in [6.45, 7) is 2.68. The second-order valence-corrected chi connectivity index (χ2v) is 5.56. The minimum atomic E-state index is -0.0667. The molecule has 5 nitrogen and oxygen atoms in total. The molecule has 6 heteroatoms. The summed E-state index contributed by atoms with van der Waals surface area (Å²) in [7, 11) is 0. The molecule has 3 rings (SSSR count). The van der Waals surface area contributed by atoms with Gasteiger partial charge < -0.3 is 14.9 Å². The molecular formula is C16H16ClN3O2. The second kappa shape index (κ2) is 6.23. The molecule has 22 heavy (non-hydrogen) atoms. The van der Waals surface area contributed by atoms with Gasteiger partial charge in [-0.1, -0.05) is 17.7 Å². The molecule has 1 fully saturated rings. The zero-order chi connectivity index (χ0) is 15.5. The normalized spacial score (nSPS) is 15.0. The molecule has 1 aromatic heterocycles. The van der Waals surface area contributed by atoms with E-state index in [-0.39, 0.29) is 11.7 Å². The number of halogens is 1. The number of aromatic nitrogens is 1. The average Bonchev–Trinajstić information content (AvgIpc) is 2.55. The van der Waals surface area contributed by atoms with Crippen LogP contribution in [0.1, 0.15) is 10.4 Å². The Balaban J connectivity index is 1.67. The van der Waals surface area contributed by atoms with E-state index < -0.39 is 0 Å². The first-order chi connectivity index (χ1) is 10.6. The van der Waals surface area contributed by atoms with Gasteiger partial charge in [0, 0.05) is 50.3 Å². The van der Waals surface area contributed by atoms with Crippen LogP contribution in [0, 0.1) is 0 Å². The molecule has 1 saturated heterocycles. The van der Waals surface area contributed by atoms with Crippen LogP contribution < -0.4 is 4.90 Å². The highest BCUT2D eigenvalue weighted by Gasteiger charge is 2.23. The lowest BCUT2D eigenvalue weighted by Crippen LogP contribution is -2.48. The van der Waals surface area contributed by atoms with Crippen molar-refractivity contribution < 1.29 is 9.90 Å². The lowest BCUT2D eigenvalue weighted by molar-refractivity contribution is 0.0747. The van der Waals surface area contributed by atoms with Gasteiger partial charge in [0.05, 0.1) is 10.6 Å². The van der Waals surface area contributed by atoms with Crippen molar-refractivity contribution in [2.24, 2.45) is 0 Å². The fourth-order valence-electron chi connectivity index (χ4n) is 2.58. The zero-order valence-corrected chi connectivity index (χ0v) is 12.7. The van der Waals surface area contributed by atoms with Gasteiger partial charge in [-0.25, -0.2) is 0 Å². The summed E-state index contributed by atoms with van der Waals surface area (Å²) >= 11 is 6.03. The van der Waals surface area contributed by atoms with Crippen LogP contribution in [-0.2, 0) is 0 Å². The van der Waals surface area contributed by atoms with Crippen molar-refractivity contribution in [3.05, 3.63) is 53.3 Å². The molecule has 2 heterocycles.